The second kappa shape index (κ2) is 5.00. The molecule has 2 heterocycles. The molecule has 2 aliphatic heterocycles. The number of carbonyl (C=O) groups excluding carboxylic acids is 1. The van der Waals surface area contributed by atoms with Crippen molar-refractivity contribution in [2.24, 2.45) is 5.92 Å². The lowest BCUT2D eigenvalue weighted by Crippen LogP contribution is -2.38. The lowest BCUT2D eigenvalue weighted by atomic mass is 10.0. The van der Waals surface area contributed by atoms with Crippen LogP contribution in [0.15, 0.2) is 11.1 Å². The first-order valence-corrected chi connectivity index (χ1v) is 6.41. The maximum Gasteiger partial charge on any atom is 0.249 e. The van der Waals surface area contributed by atoms with Crippen LogP contribution in [0.5, 0.6) is 0 Å². The Morgan fingerprint density at radius 2 is 2.25 bits per heavy atom. The molecule has 0 aromatic rings. The standard InChI is InChI=1S/C13H22N2O/c1-3-4-11-5-6-15(9-11)13(16)10(2)12-7-14-8-12/h11,14H,3-9H2,1-2H3. The van der Waals surface area contributed by atoms with E-state index in [1.165, 1.54) is 24.8 Å². The van der Waals surface area contributed by atoms with Gasteiger partial charge < -0.3 is 10.2 Å². The average Bonchev–Trinajstić information content (AvgIpc) is 2.63. The van der Waals surface area contributed by atoms with Gasteiger partial charge >= 0.3 is 0 Å². The lowest BCUT2D eigenvalue weighted by molar-refractivity contribution is -0.126. The minimum atomic E-state index is 0.273. The van der Waals surface area contributed by atoms with Crippen LogP contribution in [0.2, 0.25) is 0 Å². The fraction of sp³-hybridized carbons (Fsp3) is 0.769. The minimum Gasteiger partial charge on any atom is -0.339 e. The van der Waals surface area contributed by atoms with Crippen molar-refractivity contribution < 1.29 is 4.79 Å². The van der Waals surface area contributed by atoms with Crippen molar-refractivity contribution in [3.8, 4) is 0 Å². The van der Waals surface area contributed by atoms with E-state index < -0.39 is 0 Å². The van der Waals surface area contributed by atoms with Crippen LogP contribution in [-0.2, 0) is 4.79 Å². The number of likely N-dealkylation sites (tertiary alicyclic amines) is 1. The molecule has 2 aliphatic rings. The smallest absolute Gasteiger partial charge is 0.249 e. The third kappa shape index (κ3) is 2.29. The molecule has 0 aromatic heterocycles. The molecule has 0 spiro atoms. The van der Waals surface area contributed by atoms with Crippen LogP contribution in [0.4, 0.5) is 0 Å². The van der Waals surface area contributed by atoms with Crippen LogP contribution < -0.4 is 5.32 Å². The van der Waals surface area contributed by atoms with E-state index in [1.54, 1.807) is 0 Å². The molecule has 3 nitrogen and oxygen atoms in total. The molecule has 2 rings (SSSR count). The molecule has 2 fully saturated rings. The van der Waals surface area contributed by atoms with Crippen molar-refractivity contribution in [1.82, 2.24) is 10.2 Å². The molecule has 0 aliphatic carbocycles. The van der Waals surface area contributed by atoms with Gasteiger partial charge in [-0.25, -0.2) is 0 Å². The molecule has 2 saturated heterocycles. The monoisotopic (exact) mass is 222 g/mol. The van der Waals surface area contributed by atoms with Crippen LogP contribution in [0.25, 0.3) is 0 Å². The van der Waals surface area contributed by atoms with Crippen LogP contribution in [0.3, 0.4) is 0 Å². The number of hydrogen-bond acceptors (Lipinski definition) is 2. The maximum atomic E-state index is 12.2. The molecule has 1 amide bonds. The van der Waals surface area contributed by atoms with Gasteiger partial charge in [-0.2, -0.15) is 0 Å². The highest BCUT2D eigenvalue weighted by molar-refractivity contribution is 5.94. The average molecular weight is 222 g/mol. The predicted octanol–water partition coefficient (Wildman–Crippen LogP) is 1.55. The first-order valence-electron chi connectivity index (χ1n) is 6.41. The molecule has 16 heavy (non-hydrogen) atoms. The van der Waals surface area contributed by atoms with Gasteiger partial charge in [-0.3, -0.25) is 4.79 Å². The summed E-state index contributed by atoms with van der Waals surface area (Å²) in [6, 6.07) is 0. The summed E-state index contributed by atoms with van der Waals surface area (Å²) in [5.41, 5.74) is 2.28. The zero-order valence-corrected chi connectivity index (χ0v) is 10.4. The van der Waals surface area contributed by atoms with Crippen molar-refractivity contribution in [2.45, 2.75) is 33.1 Å². The van der Waals surface area contributed by atoms with Gasteiger partial charge in [-0.15, -0.1) is 0 Å². The number of amides is 1. The number of carbonyl (C=O) groups is 1. The van der Waals surface area contributed by atoms with E-state index >= 15 is 0 Å². The van der Waals surface area contributed by atoms with E-state index in [2.05, 4.69) is 12.2 Å². The third-order valence-corrected chi connectivity index (χ3v) is 3.80. The number of nitrogens with zero attached hydrogens (tertiary/aromatic N) is 1. The molecule has 0 aromatic carbocycles. The molecule has 0 saturated carbocycles. The highest BCUT2D eigenvalue weighted by Crippen LogP contribution is 2.23. The topological polar surface area (TPSA) is 32.3 Å². The van der Waals surface area contributed by atoms with Crippen molar-refractivity contribution >= 4 is 5.91 Å². The Morgan fingerprint density at radius 3 is 2.81 bits per heavy atom. The number of hydrogen-bond donors (Lipinski definition) is 1. The summed E-state index contributed by atoms with van der Waals surface area (Å²) in [6.07, 6.45) is 3.69. The predicted molar refractivity (Wildman–Crippen MR) is 65.2 cm³/mol. The van der Waals surface area contributed by atoms with Crippen molar-refractivity contribution in [1.29, 1.82) is 0 Å². The molecule has 1 unspecified atom stereocenters. The second-order valence-corrected chi connectivity index (χ2v) is 5.03. The van der Waals surface area contributed by atoms with E-state index in [0.717, 1.165) is 37.7 Å². The van der Waals surface area contributed by atoms with E-state index in [1.807, 2.05) is 11.8 Å². The van der Waals surface area contributed by atoms with Crippen molar-refractivity contribution in [3.05, 3.63) is 11.1 Å². The summed E-state index contributed by atoms with van der Waals surface area (Å²) in [7, 11) is 0. The van der Waals surface area contributed by atoms with E-state index in [4.69, 9.17) is 0 Å². The Bertz CT molecular complexity index is 303. The summed E-state index contributed by atoms with van der Waals surface area (Å²) in [5.74, 6) is 1.02. The minimum absolute atomic E-state index is 0.273. The van der Waals surface area contributed by atoms with Crippen LogP contribution in [0, 0.1) is 5.92 Å². The van der Waals surface area contributed by atoms with E-state index in [-0.39, 0.29) is 5.91 Å². The largest absolute Gasteiger partial charge is 0.339 e. The van der Waals surface area contributed by atoms with Gasteiger partial charge in [-0.1, -0.05) is 13.3 Å². The number of rotatable bonds is 3. The second-order valence-electron chi connectivity index (χ2n) is 5.03. The summed E-state index contributed by atoms with van der Waals surface area (Å²) in [5, 5.41) is 3.19. The maximum absolute atomic E-state index is 12.2. The Balaban J connectivity index is 1.91. The lowest BCUT2D eigenvalue weighted by Gasteiger charge is -2.24. The van der Waals surface area contributed by atoms with Crippen LogP contribution in [0.1, 0.15) is 33.1 Å². The fourth-order valence-electron chi connectivity index (χ4n) is 2.56. The Hall–Kier alpha value is -0.830. The van der Waals surface area contributed by atoms with E-state index in [0.29, 0.717) is 0 Å². The van der Waals surface area contributed by atoms with Gasteiger partial charge in [0.25, 0.3) is 0 Å². The molecule has 1 atom stereocenters. The zero-order valence-electron chi connectivity index (χ0n) is 10.4. The van der Waals surface area contributed by atoms with Gasteiger partial charge in [0, 0.05) is 31.8 Å². The highest BCUT2D eigenvalue weighted by atomic mass is 16.2. The van der Waals surface area contributed by atoms with Crippen molar-refractivity contribution in [2.75, 3.05) is 26.2 Å². The van der Waals surface area contributed by atoms with E-state index in [9.17, 15) is 4.79 Å². The normalized spacial score (nSPS) is 24.5. The molecule has 90 valence electrons. The quantitative estimate of drug-likeness (QED) is 0.735. The van der Waals surface area contributed by atoms with Crippen molar-refractivity contribution in [3.63, 3.8) is 0 Å². The first kappa shape index (κ1) is 11.6. The first-order chi connectivity index (χ1) is 7.72. The molecule has 3 heteroatoms. The summed E-state index contributed by atoms with van der Waals surface area (Å²) in [4.78, 5) is 14.2. The Kier molecular flexibility index (Phi) is 3.64. The molecule has 0 bridgehead atoms. The van der Waals surface area contributed by atoms with Crippen LogP contribution >= 0.6 is 0 Å². The van der Waals surface area contributed by atoms with Gasteiger partial charge in [0.15, 0.2) is 0 Å². The van der Waals surface area contributed by atoms with Gasteiger partial charge in [-0.05, 0) is 31.3 Å². The summed E-state index contributed by atoms with van der Waals surface area (Å²) < 4.78 is 0. The van der Waals surface area contributed by atoms with Crippen LogP contribution in [-0.4, -0.2) is 37.0 Å². The Labute approximate surface area is 97.9 Å². The molecule has 1 N–H and O–H groups in total. The molecular formula is C13H22N2O. The summed E-state index contributed by atoms with van der Waals surface area (Å²) >= 11 is 0. The summed E-state index contributed by atoms with van der Waals surface area (Å²) in [6.45, 7) is 7.95. The van der Waals surface area contributed by atoms with Gasteiger partial charge in [0.1, 0.15) is 0 Å². The van der Waals surface area contributed by atoms with Gasteiger partial charge in [0.2, 0.25) is 5.91 Å². The molecule has 0 radical (unpaired) electrons. The van der Waals surface area contributed by atoms with Gasteiger partial charge in [0.05, 0.1) is 0 Å². The third-order valence-electron chi connectivity index (χ3n) is 3.80. The number of nitrogens with one attached hydrogen (secondary N) is 1. The highest BCUT2D eigenvalue weighted by Gasteiger charge is 2.27. The Morgan fingerprint density at radius 1 is 1.50 bits per heavy atom. The fourth-order valence-corrected chi connectivity index (χ4v) is 2.56. The molecular weight excluding hydrogens is 200 g/mol. The SMILES string of the molecule is CCCC1CCN(C(=O)C(C)=C2CNC2)C1. The zero-order chi connectivity index (χ0) is 11.5.